The van der Waals surface area contributed by atoms with Crippen molar-refractivity contribution in [1.29, 1.82) is 0 Å². The van der Waals surface area contributed by atoms with Crippen LogP contribution in [0.15, 0.2) is 48.5 Å². The van der Waals surface area contributed by atoms with Crippen molar-refractivity contribution in [2.24, 2.45) is 0 Å². The summed E-state index contributed by atoms with van der Waals surface area (Å²) in [5.74, 6) is 0.695. The number of nitrogens with zero attached hydrogens (tertiary/aromatic N) is 2. The highest BCUT2D eigenvalue weighted by Crippen LogP contribution is 2.26. The number of carbonyl (C=O) groups excluding carboxylic acids is 1. The molecule has 3 rings (SSSR count). The van der Waals surface area contributed by atoms with Crippen LogP contribution in [0.25, 0.3) is 0 Å². The van der Waals surface area contributed by atoms with E-state index in [4.69, 9.17) is 16.3 Å². The highest BCUT2D eigenvalue weighted by molar-refractivity contribution is 6.30. The molecule has 2 aromatic carbocycles. The number of ether oxygens (including phenoxy) is 1. The van der Waals surface area contributed by atoms with E-state index in [1.165, 1.54) is 0 Å². The van der Waals surface area contributed by atoms with Crippen LogP contribution >= 0.6 is 11.6 Å². The number of para-hydroxylation sites is 2. The van der Waals surface area contributed by atoms with Crippen molar-refractivity contribution in [1.82, 2.24) is 9.97 Å². The van der Waals surface area contributed by atoms with E-state index in [0.29, 0.717) is 34.7 Å². The van der Waals surface area contributed by atoms with Gasteiger partial charge in [0.2, 0.25) is 5.95 Å². The number of carbonyl (C=O) groups is 1. The van der Waals surface area contributed by atoms with Crippen LogP contribution in [-0.4, -0.2) is 22.5 Å². The van der Waals surface area contributed by atoms with Gasteiger partial charge in [-0.05, 0) is 62.7 Å². The number of hydrogen-bond acceptors (Lipinski definition) is 5. The molecule has 7 heteroatoms. The van der Waals surface area contributed by atoms with Gasteiger partial charge in [0, 0.05) is 16.4 Å². The standard InChI is InChI=1S/C21H21ClN4O2/c1-4-28-19-8-6-5-7-17(19)25-21-23-14(3)12-18(26-21)20(27)24-16-10-9-15(22)11-13(16)2/h5-12H,4H2,1-3H3,(H,24,27)(H,23,25,26). The van der Waals surface area contributed by atoms with Crippen LogP contribution in [0.5, 0.6) is 5.75 Å². The highest BCUT2D eigenvalue weighted by Gasteiger charge is 2.13. The summed E-state index contributed by atoms with van der Waals surface area (Å²) in [5.41, 5.74) is 3.22. The van der Waals surface area contributed by atoms with Crippen LogP contribution < -0.4 is 15.4 Å². The van der Waals surface area contributed by atoms with Crippen molar-refractivity contribution >= 4 is 34.8 Å². The van der Waals surface area contributed by atoms with Crippen LogP contribution in [-0.2, 0) is 0 Å². The number of anilines is 3. The van der Waals surface area contributed by atoms with E-state index in [1.807, 2.05) is 45.0 Å². The Bertz CT molecular complexity index is 1010. The number of amides is 1. The highest BCUT2D eigenvalue weighted by atomic mass is 35.5. The average molecular weight is 397 g/mol. The Hall–Kier alpha value is -3.12. The lowest BCUT2D eigenvalue weighted by molar-refractivity contribution is 0.102. The third-order valence-corrected chi connectivity index (χ3v) is 4.19. The van der Waals surface area contributed by atoms with E-state index in [9.17, 15) is 4.79 Å². The summed E-state index contributed by atoms with van der Waals surface area (Å²) in [6.45, 7) is 6.15. The fourth-order valence-corrected chi connectivity index (χ4v) is 2.89. The molecular formula is C21H21ClN4O2. The zero-order valence-corrected chi connectivity index (χ0v) is 16.7. The lowest BCUT2D eigenvalue weighted by Crippen LogP contribution is -2.16. The van der Waals surface area contributed by atoms with Crippen molar-refractivity contribution in [3.63, 3.8) is 0 Å². The second-order valence-electron chi connectivity index (χ2n) is 6.19. The Balaban J connectivity index is 1.84. The van der Waals surface area contributed by atoms with Gasteiger partial charge in [0.25, 0.3) is 5.91 Å². The van der Waals surface area contributed by atoms with Crippen molar-refractivity contribution in [3.05, 3.63) is 70.5 Å². The van der Waals surface area contributed by atoms with Gasteiger partial charge in [-0.25, -0.2) is 9.97 Å². The molecule has 0 bridgehead atoms. The maximum atomic E-state index is 12.7. The molecule has 1 heterocycles. The summed E-state index contributed by atoms with van der Waals surface area (Å²) in [6.07, 6.45) is 0. The average Bonchev–Trinajstić information content (AvgIpc) is 2.65. The van der Waals surface area contributed by atoms with Gasteiger partial charge in [0.15, 0.2) is 0 Å². The summed E-state index contributed by atoms with van der Waals surface area (Å²) < 4.78 is 5.61. The molecule has 3 aromatic rings. The first-order valence-corrected chi connectivity index (χ1v) is 9.26. The number of nitrogens with one attached hydrogen (secondary N) is 2. The maximum absolute atomic E-state index is 12.7. The monoisotopic (exact) mass is 396 g/mol. The molecule has 0 radical (unpaired) electrons. The molecule has 0 aliphatic heterocycles. The van der Waals surface area contributed by atoms with E-state index in [1.54, 1.807) is 24.3 Å². The molecule has 1 aromatic heterocycles. The molecule has 0 atom stereocenters. The van der Waals surface area contributed by atoms with Crippen molar-refractivity contribution in [2.45, 2.75) is 20.8 Å². The first kappa shape index (κ1) is 19.6. The Kier molecular flexibility index (Phi) is 6.11. The van der Waals surface area contributed by atoms with E-state index < -0.39 is 0 Å². The molecule has 0 saturated carbocycles. The number of aryl methyl sites for hydroxylation is 2. The minimum atomic E-state index is -0.322. The number of hydrogen-bond donors (Lipinski definition) is 2. The molecule has 28 heavy (non-hydrogen) atoms. The summed E-state index contributed by atoms with van der Waals surface area (Å²) in [7, 11) is 0. The normalized spacial score (nSPS) is 10.4. The van der Waals surface area contributed by atoms with Gasteiger partial charge in [0.1, 0.15) is 11.4 Å². The van der Waals surface area contributed by atoms with Gasteiger partial charge in [-0.15, -0.1) is 0 Å². The molecule has 0 saturated heterocycles. The molecule has 1 amide bonds. The second kappa shape index (κ2) is 8.71. The third-order valence-electron chi connectivity index (χ3n) is 3.96. The SMILES string of the molecule is CCOc1ccccc1Nc1nc(C)cc(C(=O)Nc2ccc(Cl)cc2C)n1. The molecule has 2 N–H and O–H groups in total. The second-order valence-corrected chi connectivity index (χ2v) is 6.62. The van der Waals surface area contributed by atoms with Gasteiger partial charge in [-0.3, -0.25) is 4.79 Å². The Morgan fingerprint density at radius 1 is 1.07 bits per heavy atom. The number of rotatable bonds is 6. The summed E-state index contributed by atoms with van der Waals surface area (Å²) in [6, 6.07) is 14.4. The Morgan fingerprint density at radius 3 is 2.61 bits per heavy atom. The van der Waals surface area contributed by atoms with Crippen molar-refractivity contribution in [2.75, 3.05) is 17.2 Å². The topological polar surface area (TPSA) is 76.1 Å². The molecule has 0 aliphatic rings. The smallest absolute Gasteiger partial charge is 0.274 e. The predicted molar refractivity (Wildman–Crippen MR) is 112 cm³/mol. The molecule has 144 valence electrons. The van der Waals surface area contributed by atoms with Crippen molar-refractivity contribution < 1.29 is 9.53 Å². The Labute approximate surface area is 168 Å². The van der Waals surface area contributed by atoms with Gasteiger partial charge in [-0.2, -0.15) is 0 Å². The summed E-state index contributed by atoms with van der Waals surface area (Å²) in [4.78, 5) is 21.4. The zero-order valence-electron chi connectivity index (χ0n) is 15.9. The van der Waals surface area contributed by atoms with Crippen LogP contribution in [0.2, 0.25) is 5.02 Å². The molecule has 6 nitrogen and oxygen atoms in total. The van der Waals surface area contributed by atoms with Gasteiger partial charge in [-0.1, -0.05) is 23.7 Å². The summed E-state index contributed by atoms with van der Waals surface area (Å²) >= 11 is 5.97. The minimum absolute atomic E-state index is 0.262. The largest absolute Gasteiger partial charge is 0.492 e. The first-order valence-electron chi connectivity index (χ1n) is 8.88. The van der Waals surface area contributed by atoms with Crippen LogP contribution in [0.1, 0.15) is 28.7 Å². The van der Waals surface area contributed by atoms with Crippen molar-refractivity contribution in [3.8, 4) is 5.75 Å². The molecule has 0 unspecified atom stereocenters. The van der Waals surface area contributed by atoms with Gasteiger partial charge >= 0.3 is 0 Å². The minimum Gasteiger partial charge on any atom is -0.492 e. The predicted octanol–water partition coefficient (Wildman–Crippen LogP) is 5.14. The van der Waals surface area contributed by atoms with E-state index in [0.717, 1.165) is 11.3 Å². The lowest BCUT2D eigenvalue weighted by Gasteiger charge is -2.13. The Morgan fingerprint density at radius 2 is 1.86 bits per heavy atom. The molecule has 0 aliphatic carbocycles. The van der Waals surface area contributed by atoms with E-state index in [2.05, 4.69) is 20.6 Å². The van der Waals surface area contributed by atoms with Crippen LogP contribution in [0.4, 0.5) is 17.3 Å². The van der Waals surface area contributed by atoms with Gasteiger partial charge in [0.05, 0.1) is 12.3 Å². The fraction of sp³-hybridized carbons (Fsp3) is 0.190. The number of halogens is 1. The van der Waals surface area contributed by atoms with Crippen LogP contribution in [0, 0.1) is 13.8 Å². The number of benzene rings is 2. The maximum Gasteiger partial charge on any atom is 0.274 e. The zero-order chi connectivity index (χ0) is 20.1. The van der Waals surface area contributed by atoms with Crippen LogP contribution in [0.3, 0.4) is 0 Å². The number of aromatic nitrogens is 2. The summed E-state index contributed by atoms with van der Waals surface area (Å²) in [5, 5.41) is 6.61. The van der Waals surface area contributed by atoms with Gasteiger partial charge < -0.3 is 15.4 Å². The van der Waals surface area contributed by atoms with E-state index >= 15 is 0 Å². The van der Waals surface area contributed by atoms with E-state index in [-0.39, 0.29) is 11.6 Å². The third kappa shape index (κ3) is 4.78. The quantitative estimate of drug-likeness (QED) is 0.603. The first-order chi connectivity index (χ1) is 13.5. The lowest BCUT2D eigenvalue weighted by atomic mass is 10.2. The molecular weight excluding hydrogens is 376 g/mol. The fourth-order valence-electron chi connectivity index (χ4n) is 2.67. The molecule has 0 fully saturated rings. The molecule has 0 spiro atoms.